The van der Waals surface area contributed by atoms with Crippen molar-refractivity contribution in [3.05, 3.63) is 0 Å². The van der Waals surface area contributed by atoms with Crippen molar-refractivity contribution < 1.29 is 13.7 Å². The van der Waals surface area contributed by atoms with Crippen molar-refractivity contribution in [2.75, 3.05) is 5.88 Å². The zero-order valence-electron chi connectivity index (χ0n) is 10.2. The Kier molecular flexibility index (Phi) is 3.93. The van der Waals surface area contributed by atoms with Gasteiger partial charge in [-0.15, -0.1) is 11.6 Å². The Morgan fingerprint density at radius 3 is 2.85 bits per heavy atom. The van der Waals surface area contributed by atoms with Gasteiger partial charge in [0.25, 0.3) is 0 Å². The van der Waals surface area contributed by atoms with Gasteiger partial charge in [0.05, 0.1) is 0 Å². The number of nitrogens with one attached hydrogen (secondary N) is 1. The van der Waals surface area contributed by atoms with E-state index in [0.717, 1.165) is 0 Å². The molecule has 0 aromatic carbocycles. The predicted octanol–water partition coefficient (Wildman–Crippen LogP) is 0.385. The number of primary amides is 1. The second kappa shape index (κ2) is 6.71. The van der Waals surface area contributed by atoms with Crippen LogP contribution in [0, 0.1) is 0 Å². The van der Waals surface area contributed by atoms with Gasteiger partial charge in [-0.3, -0.25) is 9.59 Å². The average molecular weight is 210 g/mol. The lowest BCUT2D eigenvalue weighted by atomic mass is 10.2. The summed E-state index contributed by atoms with van der Waals surface area (Å²) in [6, 6.07) is -1.16. The van der Waals surface area contributed by atoms with Gasteiger partial charge in [-0.05, 0) is 12.8 Å². The van der Waals surface area contributed by atoms with E-state index in [1.165, 1.54) is 0 Å². The van der Waals surface area contributed by atoms with Crippen LogP contribution in [0.3, 0.4) is 0 Å². The molecule has 0 heterocycles. The summed E-state index contributed by atoms with van der Waals surface area (Å²) in [5.41, 5.74) is 4.99. The van der Waals surface area contributed by atoms with E-state index in [-0.39, 0.29) is 6.42 Å². The molecular weight excluding hydrogens is 192 g/mol. The molecule has 0 rings (SSSR count). The van der Waals surface area contributed by atoms with Gasteiger partial charge in [0.2, 0.25) is 11.8 Å². The molecule has 0 aliphatic heterocycles. The summed E-state index contributed by atoms with van der Waals surface area (Å²) in [7, 11) is 0. The Morgan fingerprint density at radius 1 is 1.69 bits per heavy atom. The number of nitrogens with two attached hydrogens (primary N) is 1. The largest absolute Gasteiger partial charge is 0.368 e. The molecule has 0 aliphatic carbocycles. The molecule has 4 nitrogen and oxygen atoms in total. The molecule has 0 aliphatic rings. The van der Waals surface area contributed by atoms with E-state index in [2.05, 4.69) is 5.32 Å². The summed E-state index contributed by atoms with van der Waals surface area (Å²) in [4.78, 5) is 22.2. The van der Waals surface area contributed by atoms with Crippen LogP contribution < -0.4 is 11.1 Å². The third kappa shape index (κ3) is 5.47. The molecule has 3 N–H and O–H groups in total. The maximum atomic E-state index is 11.2. The molecule has 0 saturated carbocycles. The Balaban J connectivity index is 4.24. The fourth-order valence-electron chi connectivity index (χ4n) is 0.717. The quantitative estimate of drug-likeness (QED) is 0.621. The third-order valence-electron chi connectivity index (χ3n) is 1.42. The molecule has 0 fully saturated rings. The van der Waals surface area contributed by atoms with Crippen LogP contribution in [0.15, 0.2) is 0 Å². The number of rotatable bonds is 6. The first-order valence-electron chi connectivity index (χ1n) is 5.41. The highest BCUT2D eigenvalue weighted by molar-refractivity contribution is 6.17. The van der Waals surface area contributed by atoms with Crippen LogP contribution in [0.25, 0.3) is 0 Å². The van der Waals surface area contributed by atoms with Gasteiger partial charge in [-0.2, -0.15) is 0 Å². The van der Waals surface area contributed by atoms with E-state index in [0.29, 0.717) is 12.3 Å². The molecule has 0 radical (unpaired) electrons. The average Bonchev–Trinajstić information content (AvgIpc) is 2.11. The summed E-state index contributed by atoms with van der Waals surface area (Å²) >= 11 is 5.39. The van der Waals surface area contributed by atoms with Crippen LogP contribution in [0.5, 0.6) is 0 Å². The SMILES string of the molecule is [2H]C([2H])([2H])C[C@H](NC(=O)CCCCl)C(N)=O. The molecule has 0 saturated heterocycles. The minimum Gasteiger partial charge on any atom is -0.368 e. The highest BCUT2D eigenvalue weighted by Crippen LogP contribution is 1.95. The fourth-order valence-corrected chi connectivity index (χ4v) is 0.850. The van der Waals surface area contributed by atoms with Gasteiger partial charge in [0.15, 0.2) is 0 Å². The lowest BCUT2D eigenvalue weighted by molar-refractivity contribution is -0.127. The van der Waals surface area contributed by atoms with Gasteiger partial charge < -0.3 is 11.1 Å². The van der Waals surface area contributed by atoms with Gasteiger partial charge >= 0.3 is 0 Å². The molecule has 5 heteroatoms. The van der Waals surface area contributed by atoms with Gasteiger partial charge in [-0.1, -0.05) is 6.85 Å². The maximum absolute atomic E-state index is 11.2. The van der Waals surface area contributed by atoms with Gasteiger partial charge in [0, 0.05) is 16.4 Å². The topological polar surface area (TPSA) is 72.2 Å². The number of amides is 2. The minimum absolute atomic E-state index is 0.147. The lowest BCUT2D eigenvalue weighted by Crippen LogP contribution is -2.43. The molecule has 0 bridgehead atoms. The van der Waals surface area contributed by atoms with E-state index in [1.807, 2.05) is 0 Å². The van der Waals surface area contributed by atoms with E-state index >= 15 is 0 Å². The van der Waals surface area contributed by atoms with E-state index < -0.39 is 31.1 Å². The third-order valence-corrected chi connectivity index (χ3v) is 1.69. The number of carbonyl (C=O) groups is 2. The van der Waals surface area contributed by atoms with E-state index in [1.54, 1.807) is 0 Å². The standard InChI is InChI=1S/C8H15ClN2O2/c1-2-6(8(10)13)11-7(12)4-3-5-9/h6H,2-5H2,1H3,(H2,10,13)(H,11,12)/t6-/m0/s1/i1D3. The highest BCUT2D eigenvalue weighted by Gasteiger charge is 2.14. The number of hydrogen-bond acceptors (Lipinski definition) is 2. The molecular formula is C8H15ClN2O2. The van der Waals surface area contributed by atoms with Crippen LogP contribution in [-0.4, -0.2) is 23.7 Å². The molecule has 76 valence electrons. The second-order valence-electron chi connectivity index (χ2n) is 2.52. The Labute approximate surface area is 87.0 Å². The Hall–Kier alpha value is -0.770. The van der Waals surface area contributed by atoms with Crippen molar-refractivity contribution >= 4 is 23.4 Å². The van der Waals surface area contributed by atoms with Gasteiger partial charge in [0.1, 0.15) is 6.04 Å². The van der Waals surface area contributed by atoms with Gasteiger partial charge in [-0.25, -0.2) is 0 Å². The first kappa shape index (κ1) is 7.62. The molecule has 0 unspecified atom stereocenters. The van der Waals surface area contributed by atoms with Crippen LogP contribution in [0.2, 0.25) is 0 Å². The van der Waals surface area contributed by atoms with Crippen molar-refractivity contribution in [1.82, 2.24) is 5.32 Å². The first-order chi connectivity index (χ1) is 7.26. The number of alkyl halides is 1. The summed E-state index contributed by atoms with van der Waals surface area (Å²) in [6.07, 6.45) is 0.149. The van der Waals surface area contributed by atoms with Crippen LogP contribution in [-0.2, 0) is 9.59 Å². The second-order valence-corrected chi connectivity index (χ2v) is 2.90. The smallest absolute Gasteiger partial charge is 0.239 e. The Bertz CT molecular complexity index is 258. The number of carbonyl (C=O) groups excluding carboxylic acids is 2. The minimum atomic E-state index is -2.31. The van der Waals surface area contributed by atoms with Crippen molar-refractivity contribution in [2.24, 2.45) is 5.73 Å². The number of hydrogen-bond donors (Lipinski definition) is 2. The monoisotopic (exact) mass is 209 g/mol. The number of halogens is 1. The predicted molar refractivity (Wildman–Crippen MR) is 51.4 cm³/mol. The summed E-state index contributed by atoms with van der Waals surface area (Å²) in [5.74, 6) is -0.947. The molecule has 2 amide bonds. The van der Waals surface area contributed by atoms with Crippen molar-refractivity contribution in [3.63, 3.8) is 0 Å². The molecule has 0 aromatic heterocycles. The zero-order chi connectivity index (χ0) is 12.8. The van der Waals surface area contributed by atoms with Crippen molar-refractivity contribution in [2.45, 2.75) is 32.2 Å². The van der Waals surface area contributed by atoms with Crippen LogP contribution >= 0.6 is 11.6 Å². The lowest BCUT2D eigenvalue weighted by Gasteiger charge is -2.12. The van der Waals surface area contributed by atoms with Crippen molar-refractivity contribution in [3.8, 4) is 0 Å². The van der Waals surface area contributed by atoms with Crippen LogP contribution in [0.4, 0.5) is 0 Å². The normalized spacial score (nSPS) is 16.5. The maximum Gasteiger partial charge on any atom is 0.239 e. The summed E-state index contributed by atoms with van der Waals surface area (Å²) < 4.78 is 21.0. The molecule has 0 aromatic rings. The highest BCUT2D eigenvalue weighted by atomic mass is 35.5. The van der Waals surface area contributed by atoms with Crippen molar-refractivity contribution in [1.29, 1.82) is 0 Å². The first-order valence-corrected chi connectivity index (χ1v) is 4.44. The Morgan fingerprint density at radius 2 is 2.38 bits per heavy atom. The van der Waals surface area contributed by atoms with E-state index in [9.17, 15) is 9.59 Å². The molecule has 0 spiro atoms. The molecule has 13 heavy (non-hydrogen) atoms. The zero-order valence-corrected chi connectivity index (χ0v) is 7.93. The van der Waals surface area contributed by atoms with E-state index in [4.69, 9.17) is 21.4 Å². The van der Waals surface area contributed by atoms with Crippen LogP contribution in [0.1, 0.15) is 30.2 Å². The molecule has 1 atom stereocenters. The summed E-state index contributed by atoms with van der Waals surface area (Å²) in [6.45, 7) is -2.31. The summed E-state index contributed by atoms with van der Waals surface area (Å²) in [5, 5.41) is 2.28. The fraction of sp³-hybridized carbons (Fsp3) is 0.750.